The second kappa shape index (κ2) is 6.34. The lowest BCUT2D eigenvalue weighted by molar-refractivity contribution is -0.384. The molecule has 7 nitrogen and oxygen atoms in total. The number of hydrogen-bond acceptors (Lipinski definition) is 6. The number of hydrogen-bond donors (Lipinski definition) is 1. The van der Waals surface area contributed by atoms with E-state index in [1.54, 1.807) is 0 Å². The van der Waals surface area contributed by atoms with Crippen LogP contribution in [0.4, 0.5) is 15.8 Å². The third-order valence-corrected chi connectivity index (χ3v) is 5.70. The Kier molecular flexibility index (Phi) is 4.33. The van der Waals surface area contributed by atoms with E-state index in [1.807, 2.05) is 0 Å². The number of nitro groups is 1. The molecule has 1 heterocycles. The molecule has 134 valence electrons. The number of ketones is 1. The van der Waals surface area contributed by atoms with Crippen molar-refractivity contribution >= 4 is 33.1 Å². The van der Waals surface area contributed by atoms with E-state index in [2.05, 4.69) is 5.32 Å². The van der Waals surface area contributed by atoms with Crippen molar-refractivity contribution in [3.8, 4) is 0 Å². The van der Waals surface area contributed by atoms with E-state index in [9.17, 15) is 27.7 Å². The molecule has 0 spiro atoms. The van der Waals surface area contributed by atoms with Crippen LogP contribution >= 0.6 is 0 Å². The first-order chi connectivity index (χ1) is 12.2. The fraction of sp³-hybridized carbons (Fsp3) is 0.118. The van der Waals surface area contributed by atoms with E-state index >= 15 is 0 Å². The van der Waals surface area contributed by atoms with Crippen LogP contribution in [-0.4, -0.2) is 31.9 Å². The first-order valence-electron chi connectivity index (χ1n) is 7.46. The SMILES string of the molecule is CNc1ccc(/C=C2\CS(=O)(=O)c3ccc(F)cc3C2=O)cc1[N+](=O)[O-]. The molecular weight excluding hydrogens is 363 g/mol. The predicted octanol–water partition coefficient (Wildman–Crippen LogP) is 2.83. The zero-order valence-corrected chi connectivity index (χ0v) is 14.3. The predicted molar refractivity (Wildman–Crippen MR) is 93.4 cm³/mol. The molecule has 0 radical (unpaired) electrons. The van der Waals surface area contributed by atoms with Gasteiger partial charge in [-0.25, -0.2) is 12.8 Å². The Morgan fingerprint density at radius 3 is 2.62 bits per heavy atom. The Morgan fingerprint density at radius 2 is 1.96 bits per heavy atom. The van der Waals surface area contributed by atoms with Crippen molar-refractivity contribution in [3.05, 3.63) is 69.0 Å². The van der Waals surface area contributed by atoms with E-state index in [4.69, 9.17) is 0 Å². The fourth-order valence-corrected chi connectivity index (χ4v) is 4.32. The molecule has 2 aromatic rings. The van der Waals surface area contributed by atoms with Crippen LogP contribution in [0, 0.1) is 15.9 Å². The van der Waals surface area contributed by atoms with Crippen molar-refractivity contribution < 1.29 is 22.5 Å². The number of carbonyl (C=O) groups is 1. The molecule has 0 aromatic heterocycles. The largest absolute Gasteiger partial charge is 0.383 e. The van der Waals surface area contributed by atoms with Gasteiger partial charge in [0.1, 0.15) is 11.5 Å². The minimum atomic E-state index is -3.80. The molecule has 0 unspecified atom stereocenters. The normalized spacial score (nSPS) is 17.0. The molecule has 0 saturated heterocycles. The highest BCUT2D eigenvalue weighted by Crippen LogP contribution is 2.31. The Hall–Kier alpha value is -3.07. The van der Waals surface area contributed by atoms with Crippen molar-refractivity contribution in [2.45, 2.75) is 4.90 Å². The molecule has 0 bridgehead atoms. The van der Waals surface area contributed by atoms with Crippen LogP contribution in [0.5, 0.6) is 0 Å². The van der Waals surface area contributed by atoms with Gasteiger partial charge >= 0.3 is 0 Å². The summed E-state index contributed by atoms with van der Waals surface area (Å²) < 4.78 is 38.2. The van der Waals surface area contributed by atoms with E-state index in [-0.39, 0.29) is 27.4 Å². The molecule has 1 aliphatic rings. The van der Waals surface area contributed by atoms with Crippen molar-refractivity contribution in [1.82, 2.24) is 0 Å². The minimum Gasteiger partial charge on any atom is -0.383 e. The molecule has 0 saturated carbocycles. The maximum absolute atomic E-state index is 13.5. The lowest BCUT2D eigenvalue weighted by atomic mass is 10.0. The summed E-state index contributed by atoms with van der Waals surface area (Å²) in [5, 5.41) is 13.8. The first-order valence-corrected chi connectivity index (χ1v) is 9.12. The number of sulfone groups is 1. The Balaban J connectivity index is 2.12. The Labute approximate surface area is 148 Å². The number of nitro benzene ring substituents is 1. The zero-order valence-electron chi connectivity index (χ0n) is 13.5. The van der Waals surface area contributed by atoms with Crippen LogP contribution < -0.4 is 5.32 Å². The molecular formula is C17H13FN2O5S. The number of carbonyl (C=O) groups excluding carboxylic acids is 1. The lowest BCUT2D eigenvalue weighted by Gasteiger charge is -2.18. The highest BCUT2D eigenvalue weighted by atomic mass is 32.2. The number of nitrogens with zero attached hydrogens (tertiary/aromatic N) is 1. The molecule has 26 heavy (non-hydrogen) atoms. The molecule has 9 heteroatoms. The third kappa shape index (κ3) is 3.08. The lowest BCUT2D eigenvalue weighted by Crippen LogP contribution is -2.24. The Morgan fingerprint density at radius 1 is 1.23 bits per heavy atom. The maximum Gasteiger partial charge on any atom is 0.292 e. The summed E-state index contributed by atoms with van der Waals surface area (Å²) >= 11 is 0. The van der Waals surface area contributed by atoms with Crippen LogP contribution in [0.3, 0.4) is 0 Å². The molecule has 0 atom stereocenters. The molecule has 2 aromatic carbocycles. The molecule has 1 N–H and O–H groups in total. The van der Waals surface area contributed by atoms with E-state index in [1.165, 1.54) is 31.3 Å². The summed E-state index contributed by atoms with van der Waals surface area (Å²) in [5.74, 6) is -1.89. The van der Waals surface area contributed by atoms with Crippen molar-refractivity contribution in [1.29, 1.82) is 0 Å². The number of benzene rings is 2. The van der Waals surface area contributed by atoms with Crippen LogP contribution in [0.1, 0.15) is 15.9 Å². The number of Topliss-reactive ketones (excluding diaryl/α,β-unsaturated/α-hetero) is 1. The van der Waals surface area contributed by atoms with Crippen LogP contribution in [0.25, 0.3) is 6.08 Å². The monoisotopic (exact) mass is 376 g/mol. The highest BCUT2D eigenvalue weighted by Gasteiger charge is 2.33. The van der Waals surface area contributed by atoms with Gasteiger partial charge in [0.25, 0.3) is 5.69 Å². The zero-order chi connectivity index (χ0) is 19.1. The Bertz CT molecular complexity index is 1080. The van der Waals surface area contributed by atoms with E-state index in [0.717, 1.165) is 18.2 Å². The quantitative estimate of drug-likeness (QED) is 0.382. The van der Waals surface area contributed by atoms with Gasteiger partial charge in [0.05, 0.1) is 15.6 Å². The summed E-state index contributed by atoms with van der Waals surface area (Å²) in [6, 6.07) is 7.15. The first kappa shape index (κ1) is 17.7. The fourth-order valence-electron chi connectivity index (χ4n) is 2.78. The number of rotatable bonds is 3. The minimum absolute atomic E-state index is 0.0744. The summed E-state index contributed by atoms with van der Waals surface area (Å²) in [7, 11) is -2.27. The highest BCUT2D eigenvalue weighted by molar-refractivity contribution is 7.91. The van der Waals surface area contributed by atoms with Gasteiger partial charge in [0, 0.05) is 24.3 Å². The van der Waals surface area contributed by atoms with Gasteiger partial charge in [-0.15, -0.1) is 0 Å². The van der Waals surface area contributed by atoms with Crippen molar-refractivity contribution in [2.24, 2.45) is 0 Å². The second-order valence-electron chi connectivity index (χ2n) is 5.68. The summed E-state index contributed by atoms with van der Waals surface area (Å²) in [4.78, 5) is 22.9. The molecule has 0 fully saturated rings. The third-order valence-electron chi connectivity index (χ3n) is 3.99. The number of nitrogens with one attached hydrogen (secondary N) is 1. The van der Waals surface area contributed by atoms with Crippen LogP contribution in [0.15, 0.2) is 46.9 Å². The number of halogens is 1. The maximum atomic E-state index is 13.5. The van der Waals surface area contributed by atoms with Crippen LogP contribution in [-0.2, 0) is 9.84 Å². The topological polar surface area (TPSA) is 106 Å². The smallest absolute Gasteiger partial charge is 0.292 e. The van der Waals surface area contributed by atoms with Gasteiger partial charge in [0.15, 0.2) is 15.6 Å². The summed E-state index contributed by atoms with van der Waals surface area (Å²) in [6.07, 6.45) is 1.28. The van der Waals surface area contributed by atoms with Gasteiger partial charge in [-0.3, -0.25) is 14.9 Å². The van der Waals surface area contributed by atoms with Crippen molar-refractivity contribution in [2.75, 3.05) is 18.1 Å². The van der Waals surface area contributed by atoms with Gasteiger partial charge in [-0.1, -0.05) is 6.07 Å². The van der Waals surface area contributed by atoms with Crippen LogP contribution in [0.2, 0.25) is 0 Å². The number of anilines is 1. The van der Waals surface area contributed by atoms with Gasteiger partial charge in [-0.05, 0) is 35.9 Å². The van der Waals surface area contributed by atoms with E-state index in [0.29, 0.717) is 5.56 Å². The average molecular weight is 376 g/mol. The average Bonchev–Trinajstić information content (AvgIpc) is 2.59. The van der Waals surface area contributed by atoms with Gasteiger partial charge < -0.3 is 5.32 Å². The second-order valence-corrected chi connectivity index (χ2v) is 7.64. The number of fused-ring (bicyclic) bond motifs is 1. The van der Waals surface area contributed by atoms with Gasteiger partial charge in [-0.2, -0.15) is 0 Å². The summed E-state index contributed by atoms with van der Waals surface area (Å²) in [5.41, 5.74) is 0.0686. The van der Waals surface area contributed by atoms with Gasteiger partial charge in [0.2, 0.25) is 0 Å². The molecule has 3 rings (SSSR count). The standard InChI is InChI=1S/C17H13FN2O5S/c1-19-14-4-2-10(7-15(14)20(22)23)6-11-9-26(24,25)16-5-3-12(18)8-13(16)17(11)21/h2-8,19H,9H2,1H3/b11-6+. The molecule has 0 aliphatic carbocycles. The molecule has 0 amide bonds. The van der Waals surface area contributed by atoms with E-state index < -0.39 is 32.1 Å². The van der Waals surface area contributed by atoms with Crippen molar-refractivity contribution in [3.63, 3.8) is 0 Å². The summed E-state index contributed by atoms with van der Waals surface area (Å²) in [6.45, 7) is 0. The molecule has 1 aliphatic heterocycles.